The van der Waals surface area contributed by atoms with Crippen molar-refractivity contribution >= 4 is 11.3 Å². The Morgan fingerprint density at radius 3 is 3.06 bits per heavy atom. The minimum absolute atomic E-state index is 0.344. The number of hydrogen-bond donors (Lipinski definition) is 2. The zero-order chi connectivity index (χ0) is 11.6. The van der Waals surface area contributed by atoms with E-state index in [9.17, 15) is 0 Å². The van der Waals surface area contributed by atoms with Gasteiger partial charge >= 0.3 is 0 Å². The van der Waals surface area contributed by atoms with E-state index in [-0.39, 0.29) is 0 Å². The summed E-state index contributed by atoms with van der Waals surface area (Å²) >= 11 is 1.75. The van der Waals surface area contributed by atoms with Gasteiger partial charge in [-0.1, -0.05) is 13.8 Å². The Kier molecular flexibility index (Phi) is 3.62. The van der Waals surface area contributed by atoms with Crippen LogP contribution in [0.15, 0.2) is 5.51 Å². The van der Waals surface area contributed by atoms with Crippen LogP contribution in [-0.4, -0.2) is 24.1 Å². The van der Waals surface area contributed by atoms with E-state index in [0.29, 0.717) is 11.5 Å². The normalized spacial score (nSPS) is 24.6. The molecule has 0 aliphatic carbocycles. The lowest BCUT2D eigenvalue weighted by Crippen LogP contribution is -2.52. The van der Waals surface area contributed by atoms with E-state index in [1.165, 1.54) is 17.0 Å². The molecule has 2 heterocycles. The predicted octanol–water partition coefficient (Wildman–Crippen LogP) is 1.93. The second kappa shape index (κ2) is 4.82. The molecule has 1 fully saturated rings. The molecule has 1 aromatic rings. The van der Waals surface area contributed by atoms with Crippen molar-refractivity contribution in [3.8, 4) is 0 Å². The van der Waals surface area contributed by atoms with E-state index < -0.39 is 0 Å². The lowest BCUT2D eigenvalue weighted by Gasteiger charge is -2.39. The summed E-state index contributed by atoms with van der Waals surface area (Å²) in [7, 11) is 0. The van der Waals surface area contributed by atoms with Gasteiger partial charge in [0.25, 0.3) is 0 Å². The van der Waals surface area contributed by atoms with Gasteiger partial charge in [-0.05, 0) is 25.3 Å². The van der Waals surface area contributed by atoms with E-state index in [1.807, 2.05) is 5.51 Å². The fraction of sp³-hybridized carbons (Fsp3) is 0.750. The van der Waals surface area contributed by atoms with E-state index >= 15 is 0 Å². The first-order valence-electron chi connectivity index (χ1n) is 5.92. The molecule has 0 bridgehead atoms. The summed E-state index contributed by atoms with van der Waals surface area (Å²) in [5.41, 5.74) is 3.45. The van der Waals surface area contributed by atoms with Gasteiger partial charge in [0.2, 0.25) is 0 Å². The average Bonchev–Trinajstić information content (AvgIpc) is 2.62. The van der Waals surface area contributed by atoms with Crippen LogP contribution in [0.4, 0.5) is 0 Å². The van der Waals surface area contributed by atoms with Crippen molar-refractivity contribution in [2.45, 2.75) is 39.8 Å². The zero-order valence-corrected chi connectivity index (χ0v) is 11.2. The fourth-order valence-corrected chi connectivity index (χ4v) is 2.99. The Labute approximate surface area is 102 Å². The highest BCUT2D eigenvalue weighted by Crippen LogP contribution is 2.25. The molecule has 3 nitrogen and oxygen atoms in total. The second-order valence-corrected chi connectivity index (χ2v) is 6.19. The predicted molar refractivity (Wildman–Crippen MR) is 68.7 cm³/mol. The molecule has 1 aliphatic heterocycles. The van der Waals surface area contributed by atoms with Gasteiger partial charge in [-0.25, -0.2) is 4.98 Å². The van der Waals surface area contributed by atoms with Gasteiger partial charge in [-0.2, -0.15) is 0 Å². The molecule has 90 valence electrons. The first kappa shape index (κ1) is 12.0. The van der Waals surface area contributed by atoms with Crippen molar-refractivity contribution in [1.29, 1.82) is 0 Å². The summed E-state index contributed by atoms with van der Waals surface area (Å²) in [6.07, 6.45) is 1.21. The molecule has 2 N–H and O–H groups in total. The highest BCUT2D eigenvalue weighted by atomic mass is 32.1. The maximum Gasteiger partial charge on any atom is 0.0798 e. The van der Waals surface area contributed by atoms with Gasteiger partial charge in [-0.3, -0.25) is 0 Å². The number of aryl methyl sites for hydroxylation is 1. The molecule has 2 rings (SSSR count). The highest BCUT2D eigenvalue weighted by molar-refractivity contribution is 7.09. The molecule has 0 amide bonds. The minimum Gasteiger partial charge on any atom is -0.316 e. The number of nitrogens with zero attached hydrogens (tertiary/aromatic N) is 1. The molecule has 1 unspecified atom stereocenters. The first-order chi connectivity index (χ1) is 7.59. The molecule has 0 radical (unpaired) electrons. The van der Waals surface area contributed by atoms with Gasteiger partial charge < -0.3 is 10.6 Å². The van der Waals surface area contributed by atoms with Gasteiger partial charge in [0.15, 0.2) is 0 Å². The van der Waals surface area contributed by atoms with Crippen molar-refractivity contribution in [1.82, 2.24) is 15.6 Å². The summed E-state index contributed by atoms with van der Waals surface area (Å²) in [5.74, 6) is 0. The molecular formula is C12H21N3S. The number of aromatic nitrogens is 1. The topological polar surface area (TPSA) is 37.0 Å². The van der Waals surface area contributed by atoms with Gasteiger partial charge in [0.1, 0.15) is 0 Å². The first-order valence-corrected chi connectivity index (χ1v) is 6.80. The maximum atomic E-state index is 4.28. The van der Waals surface area contributed by atoms with Crippen LogP contribution in [0.25, 0.3) is 0 Å². The molecule has 1 atom stereocenters. The SMILES string of the molecule is Cc1ncsc1CNC1CCNCC1(C)C. The van der Waals surface area contributed by atoms with Crippen LogP contribution in [0.1, 0.15) is 30.8 Å². The van der Waals surface area contributed by atoms with Crippen LogP contribution in [0.5, 0.6) is 0 Å². The molecule has 0 spiro atoms. The fourth-order valence-electron chi connectivity index (χ4n) is 2.26. The Morgan fingerprint density at radius 1 is 1.62 bits per heavy atom. The van der Waals surface area contributed by atoms with Crippen LogP contribution >= 0.6 is 11.3 Å². The molecule has 0 saturated carbocycles. The van der Waals surface area contributed by atoms with Gasteiger partial charge in [0, 0.05) is 24.0 Å². The smallest absolute Gasteiger partial charge is 0.0798 e. The number of hydrogen-bond acceptors (Lipinski definition) is 4. The van der Waals surface area contributed by atoms with Gasteiger partial charge in [0.05, 0.1) is 11.2 Å². The summed E-state index contributed by atoms with van der Waals surface area (Å²) in [6, 6.07) is 0.607. The summed E-state index contributed by atoms with van der Waals surface area (Å²) in [4.78, 5) is 5.65. The van der Waals surface area contributed by atoms with Crippen molar-refractivity contribution < 1.29 is 0 Å². The maximum absolute atomic E-state index is 4.28. The van der Waals surface area contributed by atoms with Crippen LogP contribution in [0.3, 0.4) is 0 Å². The molecule has 16 heavy (non-hydrogen) atoms. The summed E-state index contributed by atoms with van der Waals surface area (Å²) in [6.45, 7) is 9.94. The average molecular weight is 239 g/mol. The molecule has 1 aromatic heterocycles. The van der Waals surface area contributed by atoms with Crippen molar-refractivity contribution in [3.63, 3.8) is 0 Å². The summed E-state index contributed by atoms with van der Waals surface area (Å²) in [5, 5.41) is 7.15. The third-order valence-corrected chi connectivity index (χ3v) is 4.42. The number of thiazole rings is 1. The lowest BCUT2D eigenvalue weighted by molar-refractivity contribution is 0.184. The van der Waals surface area contributed by atoms with E-state index in [2.05, 4.69) is 36.4 Å². The Balaban J connectivity index is 1.92. The number of rotatable bonds is 3. The van der Waals surface area contributed by atoms with E-state index in [1.54, 1.807) is 11.3 Å². The van der Waals surface area contributed by atoms with Crippen molar-refractivity contribution in [2.24, 2.45) is 5.41 Å². The van der Waals surface area contributed by atoms with Crippen LogP contribution in [-0.2, 0) is 6.54 Å². The van der Waals surface area contributed by atoms with E-state index in [0.717, 1.165) is 19.6 Å². The molecular weight excluding hydrogens is 218 g/mol. The number of nitrogens with one attached hydrogen (secondary N) is 2. The van der Waals surface area contributed by atoms with Crippen molar-refractivity contribution in [3.05, 3.63) is 16.1 Å². The third-order valence-electron chi connectivity index (χ3n) is 3.49. The quantitative estimate of drug-likeness (QED) is 0.846. The lowest BCUT2D eigenvalue weighted by atomic mass is 9.80. The summed E-state index contributed by atoms with van der Waals surface area (Å²) < 4.78 is 0. The second-order valence-electron chi connectivity index (χ2n) is 5.25. The van der Waals surface area contributed by atoms with E-state index in [4.69, 9.17) is 0 Å². The molecule has 0 aromatic carbocycles. The minimum atomic E-state index is 0.344. The molecule has 1 aliphatic rings. The Hall–Kier alpha value is -0.450. The standard InChI is InChI=1S/C12H21N3S/c1-9-10(16-8-15-9)6-14-11-4-5-13-7-12(11,2)3/h8,11,13-14H,4-7H2,1-3H3. The molecule has 4 heteroatoms. The van der Waals surface area contributed by atoms with Crippen LogP contribution in [0, 0.1) is 12.3 Å². The largest absolute Gasteiger partial charge is 0.316 e. The monoisotopic (exact) mass is 239 g/mol. The van der Waals surface area contributed by atoms with Crippen LogP contribution < -0.4 is 10.6 Å². The van der Waals surface area contributed by atoms with Crippen molar-refractivity contribution in [2.75, 3.05) is 13.1 Å². The van der Waals surface area contributed by atoms with Gasteiger partial charge in [-0.15, -0.1) is 11.3 Å². The number of piperidine rings is 1. The third kappa shape index (κ3) is 2.62. The highest BCUT2D eigenvalue weighted by Gasteiger charge is 2.31. The van der Waals surface area contributed by atoms with Crippen LogP contribution in [0.2, 0.25) is 0 Å². The molecule has 1 saturated heterocycles. The Morgan fingerprint density at radius 2 is 2.44 bits per heavy atom. The Bertz CT molecular complexity index is 346. The zero-order valence-electron chi connectivity index (χ0n) is 10.3.